The van der Waals surface area contributed by atoms with Crippen LogP contribution in [0.2, 0.25) is 5.02 Å². The molecule has 4 aromatic rings. The van der Waals surface area contributed by atoms with Crippen molar-refractivity contribution in [1.29, 1.82) is 0 Å². The number of hydrogen-bond donors (Lipinski definition) is 2. The van der Waals surface area contributed by atoms with Gasteiger partial charge in [-0.3, -0.25) is 9.52 Å². The number of halogens is 6. The second kappa shape index (κ2) is 8.37. The Labute approximate surface area is 193 Å². The van der Waals surface area contributed by atoms with Crippen molar-refractivity contribution in [3.63, 3.8) is 0 Å². The molecular weight excluding hydrogens is 505 g/mol. The number of sulfonamides is 1. The molecule has 0 fully saturated rings. The number of aromatic nitrogens is 2. The molecule has 6 nitrogen and oxygen atoms in total. The SMILES string of the molecule is O=C(c1c(F)ccc(NS(=O)(=O)c2ccc(C(F)(F)F)cc2)c1F)c1c[nH]c2ncc(Cl)cc12. The molecule has 0 aliphatic heterocycles. The van der Waals surface area contributed by atoms with Crippen LogP contribution in [0.15, 0.2) is 59.8 Å². The Kier molecular flexibility index (Phi) is 5.82. The molecule has 0 saturated carbocycles. The molecule has 0 unspecified atom stereocenters. The topological polar surface area (TPSA) is 91.9 Å². The molecule has 0 atom stereocenters. The summed E-state index contributed by atoms with van der Waals surface area (Å²) >= 11 is 5.88. The van der Waals surface area contributed by atoms with Gasteiger partial charge in [-0.05, 0) is 42.5 Å². The number of alkyl halides is 3. The highest BCUT2D eigenvalue weighted by Gasteiger charge is 2.31. The number of rotatable bonds is 5. The first kappa shape index (κ1) is 23.6. The van der Waals surface area contributed by atoms with E-state index in [4.69, 9.17) is 11.6 Å². The minimum atomic E-state index is -4.68. The lowest BCUT2D eigenvalue weighted by atomic mass is 10.0. The molecule has 2 heterocycles. The summed E-state index contributed by atoms with van der Waals surface area (Å²) in [4.78, 5) is 19.0. The molecule has 0 amide bonds. The molecule has 13 heteroatoms. The normalized spacial score (nSPS) is 12.2. The molecule has 0 radical (unpaired) electrons. The van der Waals surface area contributed by atoms with E-state index < -0.39 is 55.3 Å². The summed E-state index contributed by atoms with van der Waals surface area (Å²) in [6.07, 6.45) is -2.21. The molecular formula is C21H11ClF5N3O3S. The minimum Gasteiger partial charge on any atom is -0.345 e. The fraction of sp³-hybridized carbons (Fsp3) is 0.0476. The summed E-state index contributed by atoms with van der Waals surface area (Å²) in [6.45, 7) is 0. The lowest BCUT2D eigenvalue weighted by Crippen LogP contribution is -2.17. The average Bonchev–Trinajstić information content (AvgIpc) is 3.18. The van der Waals surface area contributed by atoms with Crippen LogP contribution in [0.4, 0.5) is 27.6 Å². The number of benzene rings is 2. The monoisotopic (exact) mass is 515 g/mol. The number of nitrogens with zero attached hydrogens (tertiary/aromatic N) is 1. The molecule has 176 valence electrons. The summed E-state index contributed by atoms with van der Waals surface area (Å²) in [6, 6.07) is 5.24. The predicted octanol–water partition coefficient (Wildman–Crippen LogP) is 5.55. The Morgan fingerprint density at radius 3 is 2.38 bits per heavy atom. The number of nitrogens with one attached hydrogen (secondary N) is 2. The smallest absolute Gasteiger partial charge is 0.345 e. The third kappa shape index (κ3) is 4.33. The van der Waals surface area contributed by atoms with Crippen LogP contribution in [0, 0.1) is 11.6 Å². The summed E-state index contributed by atoms with van der Waals surface area (Å²) in [5, 5.41) is 0.354. The van der Waals surface area contributed by atoms with Crippen molar-refractivity contribution in [3.8, 4) is 0 Å². The van der Waals surface area contributed by atoms with E-state index >= 15 is 4.39 Å². The minimum absolute atomic E-state index is 0.162. The maximum atomic E-state index is 15.1. The molecule has 0 aliphatic carbocycles. The Morgan fingerprint density at radius 2 is 1.74 bits per heavy atom. The van der Waals surface area contributed by atoms with E-state index in [-0.39, 0.29) is 21.6 Å². The number of anilines is 1. The van der Waals surface area contributed by atoms with Gasteiger partial charge in [-0.25, -0.2) is 22.2 Å². The van der Waals surface area contributed by atoms with Gasteiger partial charge in [0.1, 0.15) is 11.5 Å². The van der Waals surface area contributed by atoms with Crippen molar-refractivity contribution in [2.24, 2.45) is 0 Å². The summed E-state index contributed by atoms with van der Waals surface area (Å²) in [7, 11) is -4.57. The highest BCUT2D eigenvalue weighted by Crippen LogP contribution is 2.31. The molecule has 34 heavy (non-hydrogen) atoms. The number of hydrogen-bond acceptors (Lipinski definition) is 4. The van der Waals surface area contributed by atoms with Gasteiger partial charge in [0.15, 0.2) is 5.82 Å². The van der Waals surface area contributed by atoms with Crippen molar-refractivity contribution in [2.75, 3.05) is 4.72 Å². The molecule has 2 N–H and O–H groups in total. The average molecular weight is 516 g/mol. The third-order valence-corrected chi connectivity index (χ3v) is 6.38. The van der Waals surface area contributed by atoms with Gasteiger partial charge in [-0.2, -0.15) is 13.2 Å². The van der Waals surface area contributed by atoms with Crippen molar-refractivity contribution in [3.05, 3.63) is 88.2 Å². The van der Waals surface area contributed by atoms with Gasteiger partial charge < -0.3 is 4.98 Å². The molecule has 4 rings (SSSR count). The second-order valence-electron chi connectivity index (χ2n) is 6.99. The fourth-order valence-electron chi connectivity index (χ4n) is 3.17. The highest BCUT2D eigenvalue weighted by atomic mass is 35.5. The van der Waals surface area contributed by atoms with Crippen LogP contribution >= 0.6 is 11.6 Å². The van der Waals surface area contributed by atoms with Crippen LogP contribution in [-0.4, -0.2) is 24.2 Å². The molecule has 0 spiro atoms. The van der Waals surface area contributed by atoms with Gasteiger partial charge in [0.05, 0.1) is 26.7 Å². The number of ketones is 1. The molecule has 2 aromatic carbocycles. The van der Waals surface area contributed by atoms with Gasteiger partial charge >= 0.3 is 6.18 Å². The van der Waals surface area contributed by atoms with Crippen LogP contribution in [0.1, 0.15) is 21.5 Å². The third-order valence-electron chi connectivity index (χ3n) is 4.80. The van der Waals surface area contributed by atoms with E-state index in [0.29, 0.717) is 30.3 Å². The Morgan fingerprint density at radius 1 is 1.06 bits per heavy atom. The van der Waals surface area contributed by atoms with Crippen molar-refractivity contribution < 1.29 is 35.2 Å². The Balaban J connectivity index is 1.71. The highest BCUT2D eigenvalue weighted by molar-refractivity contribution is 7.92. The maximum Gasteiger partial charge on any atom is 0.416 e. The Hall–Kier alpha value is -3.51. The number of carbonyl (C=O) groups excluding carboxylic acids is 1. The van der Waals surface area contributed by atoms with Crippen LogP contribution < -0.4 is 4.72 Å². The molecule has 0 saturated heterocycles. The van der Waals surface area contributed by atoms with Gasteiger partial charge in [0, 0.05) is 23.3 Å². The Bertz CT molecular complexity index is 1530. The van der Waals surface area contributed by atoms with Gasteiger partial charge in [-0.1, -0.05) is 11.6 Å². The lowest BCUT2D eigenvalue weighted by molar-refractivity contribution is -0.137. The number of aromatic amines is 1. The quantitative estimate of drug-likeness (QED) is 0.269. The lowest BCUT2D eigenvalue weighted by Gasteiger charge is -2.13. The van der Waals surface area contributed by atoms with E-state index in [9.17, 15) is 30.8 Å². The maximum absolute atomic E-state index is 15.1. The molecule has 0 bridgehead atoms. The molecule has 2 aromatic heterocycles. The zero-order valence-corrected chi connectivity index (χ0v) is 18.1. The number of fused-ring (bicyclic) bond motifs is 1. The van der Waals surface area contributed by atoms with E-state index in [2.05, 4.69) is 9.97 Å². The van der Waals surface area contributed by atoms with Gasteiger partial charge in [-0.15, -0.1) is 0 Å². The summed E-state index contributed by atoms with van der Waals surface area (Å²) < 4.78 is 94.7. The number of carbonyl (C=O) groups is 1. The van der Waals surface area contributed by atoms with Crippen molar-refractivity contribution in [1.82, 2.24) is 9.97 Å². The van der Waals surface area contributed by atoms with Gasteiger partial charge in [0.25, 0.3) is 10.0 Å². The van der Waals surface area contributed by atoms with Crippen LogP contribution in [0.5, 0.6) is 0 Å². The number of H-pyrrole nitrogens is 1. The first-order valence-electron chi connectivity index (χ1n) is 9.24. The molecule has 0 aliphatic rings. The van der Waals surface area contributed by atoms with E-state index in [1.807, 2.05) is 4.72 Å². The van der Waals surface area contributed by atoms with Crippen LogP contribution in [-0.2, 0) is 16.2 Å². The first-order chi connectivity index (χ1) is 15.9. The van der Waals surface area contributed by atoms with E-state index in [1.165, 1.54) is 18.5 Å². The zero-order chi connectivity index (χ0) is 24.8. The zero-order valence-electron chi connectivity index (χ0n) is 16.5. The van der Waals surface area contributed by atoms with Crippen LogP contribution in [0.25, 0.3) is 11.0 Å². The van der Waals surface area contributed by atoms with E-state index in [0.717, 1.165) is 6.07 Å². The van der Waals surface area contributed by atoms with Crippen molar-refractivity contribution in [2.45, 2.75) is 11.1 Å². The standard InChI is InChI=1S/C21H11ClF5N3O3S/c22-11-7-13-14(9-29-20(13)28-8-11)19(31)17-15(23)5-6-16(18(17)24)30-34(32,33)12-3-1-10(2-4-12)21(25,26)27/h1-9,30H,(H,28,29). The largest absolute Gasteiger partial charge is 0.416 e. The fourth-order valence-corrected chi connectivity index (χ4v) is 4.38. The summed E-state index contributed by atoms with van der Waals surface area (Å²) in [5.41, 5.74) is -2.84. The second-order valence-corrected chi connectivity index (χ2v) is 9.11. The van der Waals surface area contributed by atoms with Crippen LogP contribution in [0.3, 0.4) is 0 Å². The van der Waals surface area contributed by atoms with Crippen molar-refractivity contribution >= 4 is 44.1 Å². The first-order valence-corrected chi connectivity index (χ1v) is 11.1. The predicted molar refractivity (Wildman–Crippen MR) is 113 cm³/mol. The van der Waals surface area contributed by atoms with Gasteiger partial charge in [0.2, 0.25) is 5.78 Å². The number of pyridine rings is 1. The van der Waals surface area contributed by atoms with E-state index in [1.54, 1.807) is 0 Å². The summed E-state index contributed by atoms with van der Waals surface area (Å²) in [5.74, 6) is -3.88.